The Morgan fingerprint density at radius 3 is 2.61 bits per heavy atom. The minimum atomic E-state index is -0.752. The van der Waals surface area contributed by atoms with Crippen molar-refractivity contribution in [3.05, 3.63) is 53.8 Å². The van der Waals surface area contributed by atoms with Crippen LogP contribution in [0.1, 0.15) is 17.2 Å². The summed E-state index contributed by atoms with van der Waals surface area (Å²) >= 11 is 13.9. The first-order chi connectivity index (χ1) is 8.47. The standard InChI is InChI=1S/C12H8Br2ClFOS/c13-11-5-8(12(14)18-11)10(17)3-6-1-2-7(15)4-9(6)16/h1-2,4-5,10,17H,3H2. The van der Waals surface area contributed by atoms with Gasteiger partial charge >= 0.3 is 0 Å². The van der Waals surface area contributed by atoms with Gasteiger partial charge < -0.3 is 5.11 Å². The lowest BCUT2D eigenvalue weighted by Gasteiger charge is -2.10. The molecule has 0 saturated carbocycles. The Labute approximate surface area is 130 Å². The van der Waals surface area contributed by atoms with Crippen LogP contribution in [0.5, 0.6) is 0 Å². The first kappa shape index (κ1) is 14.5. The van der Waals surface area contributed by atoms with Crippen molar-refractivity contribution < 1.29 is 9.50 Å². The summed E-state index contributed by atoms with van der Waals surface area (Å²) in [4.78, 5) is 0. The monoisotopic (exact) mass is 412 g/mol. The van der Waals surface area contributed by atoms with Crippen LogP contribution in [0.4, 0.5) is 4.39 Å². The van der Waals surface area contributed by atoms with Crippen LogP contribution < -0.4 is 0 Å². The highest BCUT2D eigenvalue weighted by Crippen LogP contribution is 2.36. The molecular formula is C12H8Br2ClFOS. The van der Waals surface area contributed by atoms with E-state index in [1.807, 2.05) is 6.07 Å². The van der Waals surface area contributed by atoms with E-state index < -0.39 is 11.9 Å². The largest absolute Gasteiger partial charge is 0.388 e. The maximum absolute atomic E-state index is 13.6. The molecule has 1 nitrogen and oxygen atoms in total. The van der Waals surface area contributed by atoms with Gasteiger partial charge in [0.1, 0.15) is 5.82 Å². The van der Waals surface area contributed by atoms with Crippen LogP contribution in [-0.2, 0) is 6.42 Å². The highest BCUT2D eigenvalue weighted by Gasteiger charge is 2.17. The summed E-state index contributed by atoms with van der Waals surface area (Å²) in [6.07, 6.45) is -0.539. The van der Waals surface area contributed by atoms with E-state index in [0.717, 1.165) is 13.1 Å². The number of hydrogen-bond donors (Lipinski definition) is 1. The minimum Gasteiger partial charge on any atom is -0.388 e. The van der Waals surface area contributed by atoms with Crippen molar-refractivity contribution in [2.75, 3.05) is 0 Å². The number of hydrogen-bond acceptors (Lipinski definition) is 2. The van der Waals surface area contributed by atoms with Crippen molar-refractivity contribution >= 4 is 54.8 Å². The molecule has 1 heterocycles. The Hall–Kier alpha value is 0.0600. The fraction of sp³-hybridized carbons (Fsp3) is 0.167. The lowest BCUT2D eigenvalue weighted by atomic mass is 10.0. The third kappa shape index (κ3) is 3.33. The fourth-order valence-electron chi connectivity index (χ4n) is 1.59. The highest BCUT2D eigenvalue weighted by molar-refractivity contribution is 9.12. The number of halogens is 4. The molecule has 0 amide bonds. The molecule has 0 aliphatic carbocycles. The zero-order chi connectivity index (χ0) is 13.3. The van der Waals surface area contributed by atoms with E-state index in [9.17, 15) is 9.50 Å². The second-order valence-corrected chi connectivity index (χ2v) is 7.92. The molecule has 0 aliphatic heterocycles. The molecule has 0 aliphatic rings. The number of aliphatic hydroxyl groups excluding tert-OH is 1. The lowest BCUT2D eigenvalue weighted by molar-refractivity contribution is 0.177. The fourth-order valence-corrected chi connectivity index (χ4v) is 4.70. The molecule has 6 heteroatoms. The molecular weight excluding hydrogens is 406 g/mol. The van der Waals surface area contributed by atoms with Gasteiger partial charge in [0, 0.05) is 17.0 Å². The predicted octanol–water partition coefficient (Wildman–Crippen LogP) is 5.34. The summed E-state index contributed by atoms with van der Waals surface area (Å²) in [5, 5.41) is 10.5. The van der Waals surface area contributed by atoms with Gasteiger partial charge in [-0.2, -0.15) is 0 Å². The second-order valence-electron chi connectivity index (χ2n) is 3.74. The van der Waals surface area contributed by atoms with E-state index in [1.165, 1.54) is 17.4 Å². The Morgan fingerprint density at radius 2 is 2.06 bits per heavy atom. The van der Waals surface area contributed by atoms with Crippen LogP contribution in [0.2, 0.25) is 5.02 Å². The molecule has 0 radical (unpaired) electrons. The number of thiophene rings is 1. The Bertz CT molecular complexity index is 573. The summed E-state index contributed by atoms with van der Waals surface area (Å²) < 4.78 is 15.4. The van der Waals surface area contributed by atoms with Crippen molar-refractivity contribution in [3.8, 4) is 0 Å². The van der Waals surface area contributed by atoms with Gasteiger partial charge in [0.2, 0.25) is 0 Å². The summed E-state index contributed by atoms with van der Waals surface area (Å²) in [6, 6.07) is 6.29. The third-order valence-corrected chi connectivity index (χ3v) is 5.09. The quantitative estimate of drug-likeness (QED) is 0.719. The van der Waals surface area contributed by atoms with E-state index >= 15 is 0 Å². The molecule has 1 aromatic heterocycles. The van der Waals surface area contributed by atoms with Crippen molar-refractivity contribution in [2.45, 2.75) is 12.5 Å². The van der Waals surface area contributed by atoms with Crippen LogP contribution >= 0.6 is 54.8 Å². The normalized spacial score (nSPS) is 12.7. The molecule has 1 unspecified atom stereocenters. The second kappa shape index (κ2) is 6.01. The van der Waals surface area contributed by atoms with Crippen molar-refractivity contribution in [3.63, 3.8) is 0 Å². The first-order valence-corrected chi connectivity index (χ1v) is 7.82. The number of benzene rings is 1. The van der Waals surface area contributed by atoms with Crippen LogP contribution in [0.15, 0.2) is 31.8 Å². The van der Waals surface area contributed by atoms with E-state index in [0.29, 0.717) is 10.6 Å². The summed E-state index contributed by atoms with van der Waals surface area (Å²) in [7, 11) is 0. The smallest absolute Gasteiger partial charge is 0.127 e. The number of rotatable bonds is 3. The molecule has 2 rings (SSSR count). The van der Waals surface area contributed by atoms with Crippen molar-refractivity contribution in [1.29, 1.82) is 0 Å². The van der Waals surface area contributed by atoms with E-state index in [4.69, 9.17) is 11.6 Å². The van der Waals surface area contributed by atoms with E-state index in [2.05, 4.69) is 31.9 Å². The van der Waals surface area contributed by atoms with Gasteiger partial charge in [-0.15, -0.1) is 11.3 Å². The van der Waals surface area contributed by atoms with Crippen LogP contribution in [0, 0.1) is 5.82 Å². The van der Waals surface area contributed by atoms with Gasteiger partial charge in [-0.3, -0.25) is 0 Å². The average Bonchev–Trinajstić information content (AvgIpc) is 2.62. The van der Waals surface area contributed by atoms with Crippen molar-refractivity contribution in [2.24, 2.45) is 0 Å². The Kier molecular flexibility index (Phi) is 4.83. The van der Waals surface area contributed by atoms with Crippen molar-refractivity contribution in [1.82, 2.24) is 0 Å². The van der Waals surface area contributed by atoms with Crippen LogP contribution in [0.3, 0.4) is 0 Å². The van der Waals surface area contributed by atoms with Crippen LogP contribution in [0.25, 0.3) is 0 Å². The molecule has 1 aromatic carbocycles. The lowest BCUT2D eigenvalue weighted by Crippen LogP contribution is -2.03. The molecule has 1 atom stereocenters. The number of aliphatic hydroxyl groups is 1. The predicted molar refractivity (Wildman–Crippen MR) is 79.8 cm³/mol. The van der Waals surface area contributed by atoms with Gasteiger partial charge in [0.05, 0.1) is 13.7 Å². The summed E-state index contributed by atoms with van der Waals surface area (Å²) in [5.74, 6) is -0.396. The molecule has 18 heavy (non-hydrogen) atoms. The Balaban J connectivity index is 2.21. The molecule has 1 N–H and O–H groups in total. The third-order valence-electron chi connectivity index (χ3n) is 2.47. The maximum atomic E-state index is 13.6. The van der Waals surface area contributed by atoms with Crippen LogP contribution in [-0.4, -0.2) is 5.11 Å². The zero-order valence-corrected chi connectivity index (χ0v) is 13.7. The van der Waals surface area contributed by atoms with Gasteiger partial charge in [0.25, 0.3) is 0 Å². The molecule has 0 saturated heterocycles. The summed E-state index contributed by atoms with van der Waals surface area (Å²) in [5.41, 5.74) is 1.20. The SMILES string of the molecule is OC(Cc1ccc(Cl)cc1F)c1cc(Br)sc1Br. The minimum absolute atomic E-state index is 0.213. The zero-order valence-electron chi connectivity index (χ0n) is 8.96. The highest BCUT2D eigenvalue weighted by atomic mass is 79.9. The molecule has 0 bridgehead atoms. The molecule has 0 fully saturated rings. The summed E-state index contributed by atoms with van der Waals surface area (Å²) in [6.45, 7) is 0. The topological polar surface area (TPSA) is 20.2 Å². The maximum Gasteiger partial charge on any atom is 0.127 e. The molecule has 96 valence electrons. The molecule has 2 aromatic rings. The van der Waals surface area contributed by atoms with Gasteiger partial charge in [-0.1, -0.05) is 17.7 Å². The van der Waals surface area contributed by atoms with E-state index in [-0.39, 0.29) is 6.42 Å². The van der Waals surface area contributed by atoms with E-state index in [1.54, 1.807) is 12.1 Å². The molecule has 0 spiro atoms. The first-order valence-electron chi connectivity index (χ1n) is 5.04. The average molecular weight is 415 g/mol. The van der Waals surface area contributed by atoms with Gasteiger partial charge in [-0.25, -0.2) is 4.39 Å². The Morgan fingerprint density at radius 1 is 1.33 bits per heavy atom. The van der Waals surface area contributed by atoms with Gasteiger partial charge in [0.15, 0.2) is 0 Å². The van der Waals surface area contributed by atoms with Gasteiger partial charge in [-0.05, 0) is 55.6 Å².